The topological polar surface area (TPSA) is 331 Å². The molecular weight excluding hydrogens is 1080 g/mol. The minimum absolute atomic E-state index is 0.0734. The Morgan fingerprint density at radius 3 is 1.67 bits per heavy atom. The van der Waals surface area contributed by atoms with Gasteiger partial charge in [-0.2, -0.15) is 10.2 Å². The van der Waals surface area contributed by atoms with E-state index in [1.807, 2.05) is 26.0 Å². The number of anilines is 2. The minimum atomic E-state index is -2.56. The number of allylic oxidation sites excluding steroid dienone is 2. The van der Waals surface area contributed by atoms with Crippen molar-refractivity contribution in [3.05, 3.63) is 82.5 Å². The number of aromatic nitrogens is 8. The van der Waals surface area contributed by atoms with Crippen molar-refractivity contribution in [2.24, 2.45) is 17.2 Å². The van der Waals surface area contributed by atoms with Gasteiger partial charge in [-0.3, -0.25) is 53.7 Å². The van der Waals surface area contributed by atoms with Crippen LogP contribution in [0.4, 0.5) is 11.9 Å². The lowest BCUT2D eigenvalue weighted by Gasteiger charge is -2.37. The largest absolute Gasteiger partial charge is 0.494 e. The van der Waals surface area contributed by atoms with Crippen LogP contribution in [0.2, 0.25) is 11.1 Å². The summed E-state index contributed by atoms with van der Waals surface area (Å²) in [5.74, 6) is -1.70. The molecule has 5 heterocycles. The molecule has 4 aromatic heterocycles. The fourth-order valence-corrected chi connectivity index (χ4v) is 13.9. The van der Waals surface area contributed by atoms with E-state index in [1.54, 1.807) is 61.5 Å². The number of hydrogen-bond donors (Lipinski definition) is 6. The number of hydrogen-bond acceptors (Lipinski definition) is 16. The van der Waals surface area contributed by atoms with Gasteiger partial charge >= 0.3 is 8.56 Å². The predicted molar refractivity (Wildman–Crippen MR) is 316 cm³/mol. The Kier molecular flexibility index (Phi) is 21.4. The van der Waals surface area contributed by atoms with Crippen molar-refractivity contribution in [2.75, 3.05) is 83.4 Å². The highest BCUT2D eigenvalue weighted by Crippen LogP contribution is 2.35. The van der Waals surface area contributed by atoms with Crippen molar-refractivity contribution in [3.63, 3.8) is 0 Å². The van der Waals surface area contributed by atoms with E-state index in [2.05, 4.69) is 58.7 Å². The molecule has 1 aliphatic rings. The molecule has 0 bridgehead atoms. The Balaban J connectivity index is 1.04. The van der Waals surface area contributed by atoms with Crippen molar-refractivity contribution in [3.8, 4) is 11.5 Å². The van der Waals surface area contributed by atoms with E-state index in [0.29, 0.717) is 135 Å². The number of carbonyl (C=O) groups is 6. The van der Waals surface area contributed by atoms with Crippen molar-refractivity contribution in [1.29, 1.82) is 0 Å². The zero-order valence-corrected chi connectivity index (χ0v) is 50.1. The molecule has 2 aromatic carbocycles. The van der Waals surface area contributed by atoms with Crippen LogP contribution < -0.4 is 42.6 Å². The van der Waals surface area contributed by atoms with Gasteiger partial charge in [0, 0.05) is 103 Å². The van der Waals surface area contributed by atoms with E-state index >= 15 is 0 Å². The molecule has 26 nitrogen and oxygen atoms in total. The second-order valence-electron chi connectivity index (χ2n) is 20.9. The lowest BCUT2D eigenvalue weighted by molar-refractivity contribution is -0.135. The number of nitrogens with two attached hydrogens (primary N) is 3. The molecule has 0 saturated carbocycles. The summed E-state index contributed by atoms with van der Waals surface area (Å²) in [5.41, 5.74) is 21.6. The minimum Gasteiger partial charge on any atom is -0.494 e. The van der Waals surface area contributed by atoms with Gasteiger partial charge in [0.2, 0.25) is 35.5 Å². The van der Waals surface area contributed by atoms with Crippen LogP contribution in [0.25, 0.3) is 22.1 Å². The van der Waals surface area contributed by atoms with E-state index in [-0.39, 0.29) is 78.5 Å². The number of benzene rings is 2. The zero-order chi connectivity index (χ0) is 60.1. The Hall–Kier alpha value is -7.98. The number of primary amides is 2. The predicted octanol–water partition coefficient (Wildman–Crippen LogP) is 4.47. The van der Waals surface area contributed by atoms with Crippen molar-refractivity contribution in [1.82, 2.24) is 53.8 Å². The maximum absolute atomic E-state index is 14.0. The van der Waals surface area contributed by atoms with Gasteiger partial charge in [0.25, 0.3) is 11.8 Å². The first-order valence-corrected chi connectivity index (χ1v) is 30.2. The molecule has 1 fully saturated rings. The molecule has 6 aromatic rings. The molecule has 9 N–H and O–H groups in total. The summed E-state index contributed by atoms with van der Waals surface area (Å²) in [6.45, 7) is 21.5. The van der Waals surface area contributed by atoms with Gasteiger partial charge in [-0.15, -0.1) is 0 Å². The van der Waals surface area contributed by atoms with Crippen LogP contribution >= 0.6 is 0 Å². The van der Waals surface area contributed by atoms with Crippen molar-refractivity contribution in [2.45, 2.75) is 112 Å². The van der Waals surface area contributed by atoms with E-state index < -0.39 is 32.2 Å². The standard InChI is InChI=1S/C56H80N16O10Si/c1-10-71-43(29-37(7)65-71)53(77)63-55-61-41-31-39(51(58)75)33-45(79-9)49(41)69(55)20-12-13-21-70-50-42(62-56(70)64-54(78)44-30-38(8)66-72(44)11-2)32-40(52(59)76)34-46(50)80-26-14-19-67-22-24-68(25-23-67)48(74)16-15-47(73)60-18-28-82-83(35(3)4,36(5)6)81-27-17-57/h12-13,29-36H,10-11,14-28,57H2,1-9H3,(H2,58,75)(H2,59,76)(H,60,73)(H,61,63,77)(H,62,64,78)/b13-12+. The third-order valence-electron chi connectivity index (χ3n) is 14.4. The number of imidazole rings is 2. The quantitative estimate of drug-likeness (QED) is 0.0206. The van der Waals surface area contributed by atoms with Crippen LogP contribution in [-0.4, -0.2) is 165 Å². The second-order valence-corrected chi connectivity index (χ2v) is 25.2. The van der Waals surface area contributed by atoms with Crippen LogP contribution in [0.5, 0.6) is 11.5 Å². The summed E-state index contributed by atoms with van der Waals surface area (Å²) < 4.78 is 31.4. The number of nitrogens with one attached hydrogen (secondary N) is 3. The average molecular weight is 1170 g/mol. The second kappa shape index (κ2) is 28.3. The molecule has 7 rings (SSSR count). The normalized spacial score (nSPS) is 13.2. The van der Waals surface area contributed by atoms with E-state index in [1.165, 1.54) is 19.2 Å². The molecule has 83 heavy (non-hydrogen) atoms. The number of nitrogens with zero attached hydrogens (tertiary/aromatic N) is 10. The lowest BCUT2D eigenvalue weighted by atomic mass is 10.1. The van der Waals surface area contributed by atoms with Gasteiger partial charge in [0.15, 0.2) is 0 Å². The number of aryl methyl sites for hydroxylation is 4. The van der Waals surface area contributed by atoms with E-state index in [0.717, 1.165) is 0 Å². The number of carbonyl (C=O) groups excluding carboxylic acids is 6. The van der Waals surface area contributed by atoms with Crippen molar-refractivity contribution >= 4 is 78.0 Å². The van der Waals surface area contributed by atoms with Gasteiger partial charge < -0.3 is 54.9 Å². The van der Waals surface area contributed by atoms with Gasteiger partial charge in [-0.05, 0) is 81.6 Å². The first-order valence-electron chi connectivity index (χ1n) is 28.2. The summed E-state index contributed by atoms with van der Waals surface area (Å²) in [6, 6.07) is 9.50. The SMILES string of the molecule is CCn1nc(C)cc1C(=O)Nc1nc2cc(C(N)=O)cc(OC)c2n1C/C=C/Cn1c(NC(=O)c2cc(C)nn2CC)nc2cc(C(N)=O)cc(OCCCN3CCN(C(=O)CCC(=O)NCCO[Si](OCCN)(C(C)C)C(C)C)CC3)c21. The zero-order valence-electron chi connectivity index (χ0n) is 49.1. The number of piperazine rings is 1. The highest BCUT2D eigenvalue weighted by Gasteiger charge is 2.45. The molecule has 0 radical (unpaired) electrons. The van der Waals surface area contributed by atoms with Gasteiger partial charge in [-0.1, -0.05) is 39.8 Å². The number of amides is 6. The van der Waals surface area contributed by atoms with Crippen molar-refractivity contribution < 1.29 is 47.1 Å². The molecule has 27 heteroatoms. The molecular formula is C56H80N16O10Si. The Morgan fingerprint density at radius 2 is 1.19 bits per heavy atom. The fraction of sp³-hybridized carbons (Fsp3) is 0.500. The first-order chi connectivity index (χ1) is 39.7. The summed E-state index contributed by atoms with van der Waals surface area (Å²) in [6.07, 6.45) is 4.42. The van der Waals surface area contributed by atoms with Gasteiger partial charge in [0.05, 0.1) is 42.7 Å². The molecule has 0 aliphatic carbocycles. The first kappa shape index (κ1) is 62.6. The molecule has 1 aliphatic heterocycles. The summed E-state index contributed by atoms with van der Waals surface area (Å²) in [4.78, 5) is 92.5. The highest BCUT2D eigenvalue weighted by molar-refractivity contribution is 6.70. The fourth-order valence-electron chi connectivity index (χ4n) is 10.3. The highest BCUT2D eigenvalue weighted by atomic mass is 28.4. The number of methoxy groups -OCH3 is 1. The van der Waals surface area contributed by atoms with Crippen LogP contribution in [0.1, 0.15) is 114 Å². The summed E-state index contributed by atoms with van der Waals surface area (Å²) in [5, 5.41) is 17.6. The van der Waals surface area contributed by atoms with E-state index in [9.17, 15) is 28.8 Å². The van der Waals surface area contributed by atoms with Crippen LogP contribution in [0.15, 0.2) is 48.6 Å². The molecule has 1 saturated heterocycles. The van der Waals surface area contributed by atoms with Gasteiger partial charge in [-0.25, -0.2) is 9.97 Å². The number of fused-ring (bicyclic) bond motifs is 2. The van der Waals surface area contributed by atoms with Crippen LogP contribution in [0.3, 0.4) is 0 Å². The van der Waals surface area contributed by atoms with E-state index in [4.69, 9.17) is 45.5 Å². The van der Waals surface area contributed by atoms with Gasteiger partial charge in [0.1, 0.15) is 33.9 Å². The average Bonchev–Trinajstić information content (AvgIpc) is 4.05. The third-order valence-corrected chi connectivity index (χ3v) is 19.0. The molecule has 6 amide bonds. The lowest BCUT2D eigenvalue weighted by Crippen LogP contribution is -2.50. The Labute approximate surface area is 483 Å². The summed E-state index contributed by atoms with van der Waals surface area (Å²) >= 11 is 0. The Morgan fingerprint density at radius 1 is 0.687 bits per heavy atom. The molecule has 0 unspecified atom stereocenters. The maximum atomic E-state index is 14.0. The monoisotopic (exact) mass is 1160 g/mol. The summed E-state index contributed by atoms with van der Waals surface area (Å²) in [7, 11) is -1.11. The third kappa shape index (κ3) is 15.0. The molecule has 0 spiro atoms. The Bertz CT molecular complexity index is 3330. The molecule has 448 valence electrons. The number of rotatable bonds is 30. The van der Waals surface area contributed by atoms with Crippen LogP contribution in [-0.2, 0) is 44.6 Å². The molecule has 0 atom stereocenters. The smallest absolute Gasteiger partial charge is 0.343 e. The number of ether oxygens (including phenoxy) is 2. The van der Waals surface area contributed by atoms with Crippen LogP contribution in [0, 0.1) is 13.8 Å². The maximum Gasteiger partial charge on any atom is 0.343 e.